The molecule has 0 unspecified atom stereocenters. The molecule has 2 rings (SSSR count). The first-order valence-corrected chi connectivity index (χ1v) is 7.16. The van der Waals surface area contributed by atoms with Gasteiger partial charge in [0.1, 0.15) is 0 Å². The molecule has 0 atom stereocenters. The Bertz CT molecular complexity index is 593. The van der Waals surface area contributed by atoms with Crippen LogP contribution in [0.4, 0.5) is 5.69 Å². The minimum absolute atomic E-state index is 0.00302. The highest BCUT2D eigenvalue weighted by molar-refractivity contribution is 5.80. The fourth-order valence-electron chi connectivity index (χ4n) is 2.99. The van der Waals surface area contributed by atoms with E-state index in [1.807, 2.05) is 0 Å². The molecule has 1 amide bonds. The minimum Gasteiger partial charge on any atom is -0.481 e. The van der Waals surface area contributed by atoms with Gasteiger partial charge in [-0.05, 0) is 18.4 Å². The molecule has 1 saturated carbocycles. The van der Waals surface area contributed by atoms with Crippen molar-refractivity contribution in [3.05, 3.63) is 39.9 Å². The summed E-state index contributed by atoms with van der Waals surface area (Å²) in [5, 5.41) is 22.6. The van der Waals surface area contributed by atoms with Crippen LogP contribution in [0.2, 0.25) is 0 Å². The number of hydrogen-bond acceptors (Lipinski definition) is 4. The van der Waals surface area contributed by atoms with Crippen LogP contribution in [-0.4, -0.2) is 27.4 Å². The highest BCUT2D eigenvalue weighted by atomic mass is 16.6. The van der Waals surface area contributed by atoms with Crippen molar-refractivity contribution in [2.45, 2.75) is 44.1 Å². The van der Waals surface area contributed by atoms with Gasteiger partial charge in [-0.25, -0.2) is 0 Å². The topological polar surface area (TPSA) is 110 Å². The summed E-state index contributed by atoms with van der Waals surface area (Å²) in [5.41, 5.74) is -0.203. The summed E-state index contributed by atoms with van der Waals surface area (Å²) >= 11 is 0. The molecule has 0 bridgehead atoms. The Morgan fingerprint density at radius 1 is 1.32 bits per heavy atom. The van der Waals surface area contributed by atoms with Gasteiger partial charge < -0.3 is 10.4 Å². The number of aliphatic carboxylic acids is 1. The number of carbonyl (C=O) groups is 2. The molecule has 2 N–H and O–H groups in total. The number of non-ortho nitro benzene ring substituents is 1. The number of amides is 1. The summed E-state index contributed by atoms with van der Waals surface area (Å²) in [6, 6.07) is 5.90. The number of rotatable bonds is 6. The predicted molar refractivity (Wildman–Crippen MR) is 78.4 cm³/mol. The van der Waals surface area contributed by atoms with Crippen LogP contribution < -0.4 is 5.32 Å². The third-order valence-electron chi connectivity index (χ3n) is 3.94. The molecule has 0 aliphatic heterocycles. The maximum Gasteiger partial charge on any atom is 0.305 e. The van der Waals surface area contributed by atoms with E-state index < -0.39 is 16.4 Å². The van der Waals surface area contributed by atoms with Crippen LogP contribution in [0.5, 0.6) is 0 Å². The van der Waals surface area contributed by atoms with Crippen molar-refractivity contribution in [2.24, 2.45) is 0 Å². The molecule has 0 radical (unpaired) electrons. The number of hydrogen-bond donors (Lipinski definition) is 2. The highest BCUT2D eigenvalue weighted by Crippen LogP contribution is 2.32. The Morgan fingerprint density at radius 2 is 2.00 bits per heavy atom. The number of carboxylic acids is 1. The standard InChI is InChI=1S/C15H18N2O5/c18-13(9-11-4-3-5-12(8-11)17(21)22)16-15(10-14(19)20)6-1-2-7-15/h3-5,8H,1-2,6-7,9-10H2,(H,16,18)(H,19,20). The molecule has 118 valence electrons. The number of nitrogens with one attached hydrogen (secondary N) is 1. The molecule has 0 aromatic heterocycles. The second kappa shape index (κ2) is 6.55. The van der Waals surface area contributed by atoms with Crippen LogP contribution in [0.1, 0.15) is 37.7 Å². The Morgan fingerprint density at radius 3 is 2.59 bits per heavy atom. The average molecular weight is 306 g/mol. The third-order valence-corrected chi connectivity index (χ3v) is 3.94. The SMILES string of the molecule is O=C(O)CC1(NC(=O)Cc2cccc([N+](=O)[O-])c2)CCCC1. The summed E-state index contributed by atoms with van der Waals surface area (Å²) in [6.07, 6.45) is 3.01. The molecule has 0 spiro atoms. The van der Waals surface area contributed by atoms with E-state index in [-0.39, 0.29) is 24.4 Å². The van der Waals surface area contributed by atoms with E-state index in [1.165, 1.54) is 18.2 Å². The van der Waals surface area contributed by atoms with Crippen molar-refractivity contribution >= 4 is 17.6 Å². The second-order valence-corrected chi connectivity index (χ2v) is 5.71. The third kappa shape index (κ3) is 4.03. The van der Waals surface area contributed by atoms with E-state index in [1.54, 1.807) is 6.07 Å². The molecule has 0 heterocycles. The molecule has 0 saturated heterocycles. The fraction of sp³-hybridized carbons (Fsp3) is 0.467. The Labute approximate surface area is 127 Å². The van der Waals surface area contributed by atoms with E-state index in [0.29, 0.717) is 18.4 Å². The number of nitro groups is 1. The van der Waals surface area contributed by atoms with Crippen LogP contribution in [0.25, 0.3) is 0 Å². The summed E-state index contributed by atoms with van der Waals surface area (Å²) in [6.45, 7) is 0. The second-order valence-electron chi connectivity index (χ2n) is 5.71. The fourth-order valence-corrected chi connectivity index (χ4v) is 2.99. The van der Waals surface area contributed by atoms with E-state index in [9.17, 15) is 19.7 Å². The zero-order valence-corrected chi connectivity index (χ0v) is 12.1. The molecule has 1 aliphatic rings. The molecule has 1 aliphatic carbocycles. The molecule has 7 nitrogen and oxygen atoms in total. The Kier molecular flexibility index (Phi) is 4.75. The normalized spacial score (nSPS) is 16.2. The first-order chi connectivity index (χ1) is 10.4. The molecule has 1 fully saturated rings. The number of nitrogens with zero attached hydrogens (tertiary/aromatic N) is 1. The highest BCUT2D eigenvalue weighted by Gasteiger charge is 2.37. The zero-order chi connectivity index (χ0) is 16.2. The number of carboxylic acid groups (broad SMARTS) is 1. The van der Waals surface area contributed by atoms with Gasteiger partial charge in [0.05, 0.1) is 23.3 Å². The van der Waals surface area contributed by atoms with Crippen LogP contribution in [0.15, 0.2) is 24.3 Å². The van der Waals surface area contributed by atoms with Crippen LogP contribution >= 0.6 is 0 Å². The maximum absolute atomic E-state index is 12.2. The molecule has 1 aromatic rings. The summed E-state index contributed by atoms with van der Waals surface area (Å²) in [5.74, 6) is -1.24. The molecule has 22 heavy (non-hydrogen) atoms. The monoisotopic (exact) mass is 306 g/mol. The number of benzene rings is 1. The van der Waals surface area contributed by atoms with Gasteiger partial charge in [0.2, 0.25) is 5.91 Å². The molecular formula is C15H18N2O5. The van der Waals surface area contributed by atoms with Crippen molar-refractivity contribution in [1.29, 1.82) is 0 Å². The van der Waals surface area contributed by atoms with Crippen molar-refractivity contribution < 1.29 is 19.6 Å². The Hall–Kier alpha value is -2.44. The van der Waals surface area contributed by atoms with Gasteiger partial charge in [0, 0.05) is 12.1 Å². The van der Waals surface area contributed by atoms with E-state index in [4.69, 9.17) is 5.11 Å². The first-order valence-electron chi connectivity index (χ1n) is 7.16. The lowest BCUT2D eigenvalue weighted by Gasteiger charge is -2.28. The van der Waals surface area contributed by atoms with Crippen molar-refractivity contribution in [1.82, 2.24) is 5.32 Å². The van der Waals surface area contributed by atoms with Gasteiger partial charge >= 0.3 is 5.97 Å². The van der Waals surface area contributed by atoms with E-state index in [2.05, 4.69) is 5.32 Å². The molecular weight excluding hydrogens is 288 g/mol. The quantitative estimate of drug-likeness (QED) is 0.617. The van der Waals surface area contributed by atoms with Gasteiger partial charge in [-0.2, -0.15) is 0 Å². The van der Waals surface area contributed by atoms with E-state index in [0.717, 1.165) is 12.8 Å². The zero-order valence-electron chi connectivity index (χ0n) is 12.1. The summed E-state index contributed by atoms with van der Waals surface area (Å²) in [7, 11) is 0. The van der Waals surface area contributed by atoms with Crippen LogP contribution in [-0.2, 0) is 16.0 Å². The van der Waals surface area contributed by atoms with Gasteiger partial charge in [0.25, 0.3) is 5.69 Å². The number of carbonyl (C=O) groups excluding carboxylic acids is 1. The summed E-state index contributed by atoms with van der Waals surface area (Å²) < 4.78 is 0. The average Bonchev–Trinajstić information content (AvgIpc) is 2.85. The first kappa shape index (κ1) is 15.9. The van der Waals surface area contributed by atoms with Gasteiger partial charge in [-0.15, -0.1) is 0 Å². The van der Waals surface area contributed by atoms with Crippen molar-refractivity contribution in [3.63, 3.8) is 0 Å². The number of nitro benzene ring substituents is 1. The van der Waals surface area contributed by atoms with Crippen molar-refractivity contribution in [3.8, 4) is 0 Å². The molecule has 7 heteroatoms. The minimum atomic E-state index is -0.933. The summed E-state index contributed by atoms with van der Waals surface area (Å²) in [4.78, 5) is 33.4. The van der Waals surface area contributed by atoms with Gasteiger partial charge in [0.15, 0.2) is 0 Å². The van der Waals surface area contributed by atoms with Crippen molar-refractivity contribution in [2.75, 3.05) is 0 Å². The predicted octanol–water partition coefficient (Wildman–Crippen LogP) is 2.04. The van der Waals surface area contributed by atoms with Crippen LogP contribution in [0, 0.1) is 10.1 Å². The van der Waals surface area contributed by atoms with E-state index >= 15 is 0 Å². The van der Waals surface area contributed by atoms with Gasteiger partial charge in [-0.1, -0.05) is 25.0 Å². The molecule has 1 aromatic carbocycles. The lowest BCUT2D eigenvalue weighted by atomic mass is 9.92. The lowest BCUT2D eigenvalue weighted by molar-refractivity contribution is -0.384. The van der Waals surface area contributed by atoms with Crippen LogP contribution in [0.3, 0.4) is 0 Å². The van der Waals surface area contributed by atoms with Gasteiger partial charge in [-0.3, -0.25) is 19.7 Å². The largest absolute Gasteiger partial charge is 0.481 e. The lowest BCUT2D eigenvalue weighted by Crippen LogP contribution is -2.48. The maximum atomic E-state index is 12.2. The smallest absolute Gasteiger partial charge is 0.305 e. The Balaban J connectivity index is 2.04.